The van der Waals surface area contributed by atoms with Crippen molar-refractivity contribution < 1.29 is 29.3 Å². The molecule has 0 fully saturated rings. The number of carboxylic acids is 1. The second-order valence-corrected chi connectivity index (χ2v) is 3.88. The van der Waals surface area contributed by atoms with E-state index >= 15 is 0 Å². The molecule has 19 heavy (non-hydrogen) atoms. The van der Waals surface area contributed by atoms with E-state index in [9.17, 15) is 9.59 Å². The highest BCUT2D eigenvalue weighted by molar-refractivity contribution is 5.99. The Morgan fingerprint density at radius 1 is 1.32 bits per heavy atom. The minimum Gasteiger partial charge on any atom is -0.486 e. The predicted octanol–water partition coefficient (Wildman–Crippen LogP) is -0.367. The van der Waals surface area contributed by atoms with Crippen molar-refractivity contribution in [3.63, 3.8) is 0 Å². The maximum absolute atomic E-state index is 12.0. The number of ether oxygens (including phenoxy) is 2. The van der Waals surface area contributed by atoms with Gasteiger partial charge in [0, 0.05) is 0 Å². The predicted molar refractivity (Wildman–Crippen MR) is 63.4 cm³/mol. The van der Waals surface area contributed by atoms with Crippen LogP contribution in [0.1, 0.15) is 10.4 Å². The molecule has 102 valence electrons. The lowest BCUT2D eigenvalue weighted by atomic mass is 10.1. The molecule has 0 unspecified atom stereocenters. The summed E-state index contributed by atoms with van der Waals surface area (Å²) in [5.41, 5.74) is 0.178. The third-order valence-corrected chi connectivity index (χ3v) is 2.60. The smallest absolute Gasteiger partial charge is 0.328 e. The summed E-state index contributed by atoms with van der Waals surface area (Å²) in [4.78, 5) is 22.7. The Hall–Kier alpha value is -2.28. The molecule has 7 heteroatoms. The lowest BCUT2D eigenvalue weighted by Gasteiger charge is -2.21. The van der Waals surface area contributed by atoms with Gasteiger partial charge in [-0.1, -0.05) is 6.07 Å². The SMILES string of the molecule is O=C(N[C@@H](CO)C(=O)O)c1cccc2c1OCCO2. The summed E-state index contributed by atoms with van der Waals surface area (Å²) in [6.07, 6.45) is 0. The number of para-hydroxylation sites is 1. The largest absolute Gasteiger partial charge is 0.486 e. The molecule has 3 N–H and O–H groups in total. The van der Waals surface area contributed by atoms with Gasteiger partial charge in [0.25, 0.3) is 5.91 Å². The number of nitrogens with one attached hydrogen (secondary N) is 1. The summed E-state index contributed by atoms with van der Waals surface area (Å²) < 4.78 is 10.7. The van der Waals surface area contributed by atoms with Gasteiger partial charge in [-0.3, -0.25) is 4.79 Å². The average Bonchev–Trinajstić information content (AvgIpc) is 2.43. The zero-order valence-electron chi connectivity index (χ0n) is 9.96. The molecular weight excluding hydrogens is 254 g/mol. The van der Waals surface area contributed by atoms with Crippen LogP contribution in [0.4, 0.5) is 0 Å². The van der Waals surface area contributed by atoms with Gasteiger partial charge in [0.1, 0.15) is 13.2 Å². The number of carboxylic acid groups (broad SMARTS) is 1. The zero-order valence-corrected chi connectivity index (χ0v) is 9.96. The normalized spacial score (nSPS) is 14.6. The molecule has 0 aromatic heterocycles. The Morgan fingerprint density at radius 3 is 2.74 bits per heavy atom. The van der Waals surface area contributed by atoms with Crippen LogP contribution >= 0.6 is 0 Å². The van der Waals surface area contributed by atoms with E-state index in [1.54, 1.807) is 12.1 Å². The topological polar surface area (TPSA) is 105 Å². The van der Waals surface area contributed by atoms with Crippen LogP contribution in [0, 0.1) is 0 Å². The van der Waals surface area contributed by atoms with Crippen molar-refractivity contribution >= 4 is 11.9 Å². The van der Waals surface area contributed by atoms with Crippen molar-refractivity contribution in [2.45, 2.75) is 6.04 Å². The lowest BCUT2D eigenvalue weighted by molar-refractivity contribution is -0.140. The summed E-state index contributed by atoms with van der Waals surface area (Å²) in [6, 6.07) is 3.41. The van der Waals surface area contributed by atoms with E-state index in [2.05, 4.69) is 5.32 Å². The monoisotopic (exact) mass is 267 g/mol. The minimum absolute atomic E-state index is 0.178. The van der Waals surface area contributed by atoms with Crippen LogP contribution in [-0.2, 0) is 4.79 Å². The number of carbonyl (C=O) groups is 2. The molecule has 0 spiro atoms. The summed E-state index contributed by atoms with van der Waals surface area (Å²) in [5.74, 6) is -1.22. The summed E-state index contributed by atoms with van der Waals surface area (Å²) >= 11 is 0. The van der Waals surface area contributed by atoms with Crippen LogP contribution in [0.2, 0.25) is 0 Å². The second kappa shape index (κ2) is 5.57. The van der Waals surface area contributed by atoms with Crippen LogP contribution in [0.15, 0.2) is 18.2 Å². The fourth-order valence-electron chi connectivity index (χ4n) is 1.67. The summed E-state index contributed by atoms with van der Waals surface area (Å²) in [7, 11) is 0. The Kier molecular flexibility index (Phi) is 3.86. The van der Waals surface area contributed by atoms with Gasteiger partial charge in [0.15, 0.2) is 17.5 Å². The zero-order chi connectivity index (χ0) is 13.8. The third kappa shape index (κ3) is 2.76. The highest BCUT2D eigenvalue weighted by atomic mass is 16.6. The maximum atomic E-state index is 12.0. The number of aliphatic hydroxyl groups is 1. The number of carbonyl (C=O) groups excluding carboxylic acids is 1. The van der Waals surface area contributed by atoms with E-state index in [4.69, 9.17) is 19.7 Å². The van der Waals surface area contributed by atoms with Gasteiger partial charge < -0.3 is 25.0 Å². The molecule has 1 aliphatic rings. The van der Waals surface area contributed by atoms with Crippen LogP contribution in [-0.4, -0.2) is 48.0 Å². The first-order valence-electron chi connectivity index (χ1n) is 5.66. The van der Waals surface area contributed by atoms with Crippen LogP contribution in [0.3, 0.4) is 0 Å². The van der Waals surface area contributed by atoms with Gasteiger partial charge in [-0.15, -0.1) is 0 Å². The molecule has 0 bridgehead atoms. The van der Waals surface area contributed by atoms with Crippen LogP contribution in [0.25, 0.3) is 0 Å². The van der Waals surface area contributed by atoms with Crippen molar-refractivity contribution in [3.05, 3.63) is 23.8 Å². The van der Waals surface area contributed by atoms with E-state index in [-0.39, 0.29) is 11.3 Å². The first-order valence-corrected chi connectivity index (χ1v) is 5.66. The van der Waals surface area contributed by atoms with Gasteiger partial charge in [0.2, 0.25) is 0 Å². The van der Waals surface area contributed by atoms with Crippen molar-refractivity contribution in [1.82, 2.24) is 5.32 Å². The fourth-order valence-corrected chi connectivity index (χ4v) is 1.67. The molecule has 1 heterocycles. The number of fused-ring (bicyclic) bond motifs is 1. The number of benzene rings is 1. The number of amides is 1. The van der Waals surface area contributed by atoms with E-state index < -0.39 is 24.5 Å². The molecule has 1 aromatic carbocycles. The summed E-state index contributed by atoms with van der Waals surface area (Å²) in [5, 5.41) is 19.9. The van der Waals surface area contributed by atoms with Crippen molar-refractivity contribution in [2.75, 3.05) is 19.8 Å². The molecule has 0 saturated carbocycles. The van der Waals surface area contributed by atoms with Crippen LogP contribution < -0.4 is 14.8 Å². The van der Waals surface area contributed by atoms with Crippen molar-refractivity contribution in [2.24, 2.45) is 0 Å². The van der Waals surface area contributed by atoms with Gasteiger partial charge in [-0.2, -0.15) is 0 Å². The number of aliphatic hydroxyl groups excluding tert-OH is 1. The van der Waals surface area contributed by atoms with Gasteiger partial charge in [-0.05, 0) is 12.1 Å². The first-order chi connectivity index (χ1) is 9.13. The van der Waals surface area contributed by atoms with Gasteiger partial charge in [0.05, 0.1) is 12.2 Å². The molecule has 1 aliphatic heterocycles. The standard InChI is InChI=1S/C12H13NO6/c14-6-8(12(16)17)13-11(15)7-2-1-3-9-10(7)19-5-4-18-9/h1-3,8,14H,4-6H2,(H,13,15)(H,16,17)/t8-/m0/s1. The second-order valence-electron chi connectivity index (χ2n) is 3.88. The van der Waals surface area contributed by atoms with Crippen molar-refractivity contribution in [3.8, 4) is 11.5 Å². The molecule has 1 atom stereocenters. The first kappa shape index (κ1) is 13.2. The number of rotatable bonds is 4. The number of hydrogen-bond donors (Lipinski definition) is 3. The van der Waals surface area contributed by atoms with Crippen molar-refractivity contribution in [1.29, 1.82) is 0 Å². The van der Waals surface area contributed by atoms with E-state index in [1.807, 2.05) is 0 Å². The molecule has 2 rings (SSSR count). The van der Waals surface area contributed by atoms with E-state index in [0.717, 1.165) is 0 Å². The molecule has 1 amide bonds. The molecule has 0 saturated heterocycles. The van der Waals surface area contributed by atoms with Gasteiger partial charge >= 0.3 is 5.97 Å². The minimum atomic E-state index is -1.35. The Labute approximate surface area is 108 Å². The quantitative estimate of drug-likeness (QED) is 0.687. The number of hydrogen-bond acceptors (Lipinski definition) is 5. The highest BCUT2D eigenvalue weighted by Gasteiger charge is 2.24. The average molecular weight is 267 g/mol. The Balaban J connectivity index is 2.22. The Bertz CT molecular complexity index is 501. The molecule has 7 nitrogen and oxygen atoms in total. The van der Waals surface area contributed by atoms with E-state index in [1.165, 1.54) is 6.07 Å². The lowest BCUT2D eigenvalue weighted by Crippen LogP contribution is -2.43. The maximum Gasteiger partial charge on any atom is 0.328 e. The highest BCUT2D eigenvalue weighted by Crippen LogP contribution is 2.33. The third-order valence-electron chi connectivity index (χ3n) is 2.60. The molecular formula is C12H13NO6. The van der Waals surface area contributed by atoms with E-state index in [0.29, 0.717) is 19.0 Å². The molecule has 1 aromatic rings. The Morgan fingerprint density at radius 2 is 2.05 bits per heavy atom. The number of aliphatic carboxylic acids is 1. The molecule has 0 aliphatic carbocycles. The summed E-state index contributed by atoms with van der Waals surface area (Å²) in [6.45, 7) is 0.0274. The fraction of sp³-hybridized carbons (Fsp3) is 0.333. The molecule has 0 radical (unpaired) electrons. The van der Waals surface area contributed by atoms with Crippen LogP contribution in [0.5, 0.6) is 11.5 Å². The van der Waals surface area contributed by atoms with Gasteiger partial charge in [-0.25, -0.2) is 4.79 Å².